The van der Waals surface area contributed by atoms with Gasteiger partial charge in [-0.15, -0.1) is 0 Å². The molecule has 0 aliphatic heterocycles. The smallest absolute Gasteiger partial charge is 0.240 e. The normalized spacial score (nSPS) is 12.6. The Morgan fingerprint density at radius 3 is 2.62 bits per heavy atom. The molecule has 6 heteroatoms. The van der Waals surface area contributed by atoms with Crippen LogP contribution in [0.15, 0.2) is 54.6 Å². The molecule has 3 rings (SSSR count). The average molecular weight is 409 g/mol. The van der Waals surface area contributed by atoms with Crippen molar-refractivity contribution in [2.24, 2.45) is 0 Å². The van der Waals surface area contributed by atoms with E-state index in [2.05, 4.69) is 41.5 Å². The van der Waals surface area contributed by atoms with Crippen LogP contribution in [0.25, 0.3) is 11.4 Å². The molecule has 1 atom stereocenters. The minimum atomic E-state index is -0.0761. The summed E-state index contributed by atoms with van der Waals surface area (Å²) in [7, 11) is 0. The lowest BCUT2D eigenvalue weighted by molar-refractivity contribution is -0.122. The Bertz CT molecular complexity index is 1040. The lowest BCUT2D eigenvalue weighted by Crippen LogP contribution is -2.39. The SMILES string of the molecule is Cc1cccc(-c2n[nH]c(=S)n2CC(=O)NC(C)CC(C)(C)c2ccccc2)c1. The van der Waals surface area contributed by atoms with Crippen molar-refractivity contribution in [1.29, 1.82) is 0 Å². The Balaban J connectivity index is 1.69. The maximum atomic E-state index is 12.7. The van der Waals surface area contributed by atoms with Crippen LogP contribution in [0.5, 0.6) is 0 Å². The van der Waals surface area contributed by atoms with Crippen LogP contribution in [0.2, 0.25) is 0 Å². The lowest BCUT2D eigenvalue weighted by atomic mass is 9.79. The van der Waals surface area contributed by atoms with E-state index in [-0.39, 0.29) is 23.9 Å². The van der Waals surface area contributed by atoms with Crippen LogP contribution in [0.4, 0.5) is 0 Å². The van der Waals surface area contributed by atoms with E-state index in [0.717, 1.165) is 17.5 Å². The van der Waals surface area contributed by atoms with Crippen molar-refractivity contribution in [3.05, 3.63) is 70.5 Å². The Labute approximate surface area is 177 Å². The zero-order chi connectivity index (χ0) is 21.0. The van der Waals surface area contributed by atoms with E-state index in [4.69, 9.17) is 12.2 Å². The summed E-state index contributed by atoms with van der Waals surface area (Å²) in [6.45, 7) is 8.60. The topological polar surface area (TPSA) is 62.7 Å². The Morgan fingerprint density at radius 1 is 1.21 bits per heavy atom. The summed E-state index contributed by atoms with van der Waals surface area (Å²) in [6, 6.07) is 18.4. The summed E-state index contributed by atoms with van der Waals surface area (Å²) in [5.41, 5.74) is 3.29. The van der Waals surface area contributed by atoms with Gasteiger partial charge in [0.15, 0.2) is 10.6 Å². The third-order valence-corrected chi connectivity index (χ3v) is 5.43. The number of hydrogen-bond acceptors (Lipinski definition) is 3. The van der Waals surface area contributed by atoms with Crippen LogP contribution in [0.3, 0.4) is 0 Å². The molecule has 2 aromatic carbocycles. The molecule has 29 heavy (non-hydrogen) atoms. The van der Waals surface area contributed by atoms with E-state index < -0.39 is 0 Å². The van der Waals surface area contributed by atoms with E-state index in [0.29, 0.717) is 10.6 Å². The molecular weight excluding hydrogens is 380 g/mol. The van der Waals surface area contributed by atoms with Gasteiger partial charge in [-0.3, -0.25) is 14.5 Å². The molecule has 0 saturated heterocycles. The van der Waals surface area contributed by atoms with Crippen LogP contribution in [0.1, 0.15) is 38.3 Å². The molecule has 0 spiro atoms. The van der Waals surface area contributed by atoms with Gasteiger partial charge in [0, 0.05) is 11.6 Å². The molecule has 0 saturated carbocycles. The number of aryl methyl sites for hydroxylation is 1. The highest BCUT2D eigenvalue weighted by atomic mass is 32.1. The molecule has 0 radical (unpaired) electrons. The fraction of sp³-hybridized carbons (Fsp3) is 0.348. The van der Waals surface area contributed by atoms with E-state index >= 15 is 0 Å². The van der Waals surface area contributed by atoms with Gasteiger partial charge < -0.3 is 5.32 Å². The predicted octanol–water partition coefficient (Wildman–Crippen LogP) is 4.79. The number of nitrogens with zero attached hydrogens (tertiary/aromatic N) is 2. The first kappa shape index (κ1) is 21.0. The maximum absolute atomic E-state index is 12.7. The number of amides is 1. The van der Waals surface area contributed by atoms with Crippen molar-refractivity contribution in [3.63, 3.8) is 0 Å². The molecule has 2 N–H and O–H groups in total. The zero-order valence-electron chi connectivity index (χ0n) is 17.4. The van der Waals surface area contributed by atoms with E-state index in [1.807, 2.05) is 56.3 Å². The van der Waals surface area contributed by atoms with Gasteiger partial charge in [-0.05, 0) is 49.5 Å². The van der Waals surface area contributed by atoms with Crippen molar-refractivity contribution in [3.8, 4) is 11.4 Å². The molecule has 152 valence electrons. The van der Waals surface area contributed by atoms with E-state index in [1.165, 1.54) is 5.56 Å². The minimum Gasteiger partial charge on any atom is -0.352 e. The van der Waals surface area contributed by atoms with Gasteiger partial charge >= 0.3 is 0 Å². The number of aromatic amines is 1. The molecule has 1 unspecified atom stereocenters. The van der Waals surface area contributed by atoms with Crippen LogP contribution >= 0.6 is 12.2 Å². The molecule has 0 bridgehead atoms. The minimum absolute atomic E-state index is 0.0289. The van der Waals surface area contributed by atoms with Gasteiger partial charge in [0.2, 0.25) is 5.91 Å². The number of benzene rings is 2. The van der Waals surface area contributed by atoms with Crippen LogP contribution in [-0.2, 0) is 16.8 Å². The predicted molar refractivity (Wildman–Crippen MR) is 119 cm³/mol. The molecular formula is C23H28N4OS. The second kappa shape index (κ2) is 8.74. The zero-order valence-corrected chi connectivity index (χ0v) is 18.2. The first-order valence-corrected chi connectivity index (χ1v) is 10.2. The van der Waals surface area contributed by atoms with Crippen LogP contribution in [0, 0.1) is 11.7 Å². The fourth-order valence-electron chi connectivity index (χ4n) is 3.76. The molecule has 5 nitrogen and oxygen atoms in total. The van der Waals surface area contributed by atoms with E-state index in [9.17, 15) is 4.79 Å². The summed E-state index contributed by atoms with van der Waals surface area (Å²) in [5, 5.41) is 10.2. The number of carbonyl (C=O) groups is 1. The highest BCUT2D eigenvalue weighted by Gasteiger charge is 2.24. The molecule has 1 aromatic heterocycles. The maximum Gasteiger partial charge on any atom is 0.240 e. The molecule has 0 aliphatic carbocycles. The first-order valence-electron chi connectivity index (χ1n) is 9.83. The number of H-pyrrole nitrogens is 1. The Morgan fingerprint density at radius 2 is 1.93 bits per heavy atom. The number of hydrogen-bond donors (Lipinski definition) is 2. The third kappa shape index (κ3) is 5.21. The standard InChI is InChI=1S/C23H28N4OS/c1-16-9-8-10-18(13-16)21-25-26-22(29)27(21)15-20(28)24-17(2)14-23(3,4)19-11-6-5-7-12-19/h5-13,17H,14-15H2,1-4H3,(H,24,28)(H,26,29). The van der Waals surface area contributed by atoms with Gasteiger partial charge in [0.25, 0.3) is 0 Å². The average Bonchev–Trinajstić information content (AvgIpc) is 3.02. The van der Waals surface area contributed by atoms with Gasteiger partial charge in [0.05, 0.1) is 0 Å². The Kier molecular flexibility index (Phi) is 6.33. The fourth-order valence-corrected chi connectivity index (χ4v) is 3.95. The van der Waals surface area contributed by atoms with Crippen molar-refractivity contribution in [1.82, 2.24) is 20.1 Å². The Hall–Kier alpha value is -2.73. The number of nitrogens with one attached hydrogen (secondary N) is 2. The molecule has 1 amide bonds. The molecule has 0 aliphatic rings. The monoisotopic (exact) mass is 408 g/mol. The number of carbonyl (C=O) groups excluding carboxylic acids is 1. The van der Waals surface area contributed by atoms with Gasteiger partial charge in [0.1, 0.15) is 6.54 Å². The summed E-state index contributed by atoms with van der Waals surface area (Å²) in [5.74, 6) is 0.596. The van der Waals surface area contributed by atoms with Crippen molar-refractivity contribution < 1.29 is 4.79 Å². The summed E-state index contributed by atoms with van der Waals surface area (Å²) in [4.78, 5) is 12.7. The van der Waals surface area contributed by atoms with Gasteiger partial charge in [-0.2, -0.15) is 5.10 Å². The van der Waals surface area contributed by atoms with Crippen molar-refractivity contribution in [2.75, 3.05) is 0 Å². The van der Waals surface area contributed by atoms with Crippen LogP contribution < -0.4 is 5.32 Å². The highest BCUT2D eigenvalue weighted by Crippen LogP contribution is 2.28. The molecule has 3 aromatic rings. The van der Waals surface area contributed by atoms with Gasteiger partial charge in [-0.1, -0.05) is 67.9 Å². The third-order valence-electron chi connectivity index (χ3n) is 5.12. The largest absolute Gasteiger partial charge is 0.352 e. The number of rotatable bonds is 7. The number of aromatic nitrogens is 3. The quantitative estimate of drug-likeness (QED) is 0.553. The van der Waals surface area contributed by atoms with Crippen molar-refractivity contribution >= 4 is 18.1 Å². The highest BCUT2D eigenvalue weighted by molar-refractivity contribution is 7.71. The van der Waals surface area contributed by atoms with Crippen LogP contribution in [-0.4, -0.2) is 26.7 Å². The summed E-state index contributed by atoms with van der Waals surface area (Å²) >= 11 is 5.35. The first-order chi connectivity index (χ1) is 13.8. The van der Waals surface area contributed by atoms with E-state index in [1.54, 1.807) is 4.57 Å². The molecule has 1 heterocycles. The van der Waals surface area contributed by atoms with Crippen molar-refractivity contribution in [2.45, 2.75) is 52.1 Å². The second-order valence-electron chi connectivity index (χ2n) is 8.23. The lowest BCUT2D eigenvalue weighted by Gasteiger charge is -2.29. The second-order valence-corrected chi connectivity index (χ2v) is 8.62. The summed E-state index contributed by atoms with van der Waals surface area (Å²) in [6.07, 6.45) is 0.838. The van der Waals surface area contributed by atoms with Gasteiger partial charge in [-0.25, -0.2) is 0 Å². The summed E-state index contributed by atoms with van der Waals surface area (Å²) < 4.78 is 2.18. The molecule has 0 fully saturated rings.